The van der Waals surface area contributed by atoms with Gasteiger partial charge in [0.25, 0.3) is 5.91 Å². The Morgan fingerprint density at radius 2 is 1.96 bits per heavy atom. The van der Waals surface area contributed by atoms with Crippen molar-refractivity contribution in [3.63, 3.8) is 0 Å². The van der Waals surface area contributed by atoms with Crippen molar-refractivity contribution in [2.24, 2.45) is 0 Å². The molecule has 2 aromatic heterocycles. The summed E-state index contributed by atoms with van der Waals surface area (Å²) in [4.78, 5) is 16.7. The minimum atomic E-state index is -0.108. The van der Waals surface area contributed by atoms with Crippen molar-refractivity contribution in [1.29, 1.82) is 0 Å². The van der Waals surface area contributed by atoms with Crippen LogP contribution < -0.4 is 10.6 Å². The average Bonchev–Trinajstić information content (AvgIpc) is 3.04. The Bertz CT molecular complexity index is 828. The van der Waals surface area contributed by atoms with Crippen molar-refractivity contribution >= 4 is 16.9 Å². The molecule has 1 aromatic carbocycles. The van der Waals surface area contributed by atoms with Crippen LogP contribution in [0.5, 0.6) is 0 Å². The summed E-state index contributed by atoms with van der Waals surface area (Å²) >= 11 is 0. The molecule has 3 rings (SSSR count). The van der Waals surface area contributed by atoms with Crippen LogP contribution in [0, 0.1) is 0 Å². The monoisotopic (exact) mass is 337 g/mol. The Morgan fingerprint density at radius 3 is 2.76 bits per heavy atom. The van der Waals surface area contributed by atoms with Crippen molar-refractivity contribution in [1.82, 2.24) is 25.4 Å². The van der Waals surface area contributed by atoms with Gasteiger partial charge < -0.3 is 10.6 Å². The molecule has 2 heterocycles. The number of aromatic nitrogens is 3. The number of fused-ring (bicyclic) bond motifs is 1. The zero-order valence-corrected chi connectivity index (χ0v) is 14.4. The Balaban J connectivity index is 1.66. The maximum atomic E-state index is 12.2. The molecule has 0 aliphatic heterocycles. The van der Waals surface area contributed by atoms with Gasteiger partial charge in [-0.05, 0) is 24.6 Å². The molecule has 3 aromatic rings. The van der Waals surface area contributed by atoms with Gasteiger partial charge >= 0.3 is 0 Å². The summed E-state index contributed by atoms with van der Waals surface area (Å²) in [6.07, 6.45) is 4.45. The number of carbonyl (C=O) groups is 1. The second kappa shape index (κ2) is 8.39. The van der Waals surface area contributed by atoms with E-state index in [0.29, 0.717) is 18.7 Å². The molecule has 0 fully saturated rings. The lowest BCUT2D eigenvalue weighted by Crippen LogP contribution is -2.32. The molecule has 0 atom stereocenters. The molecular formula is C19H23N5O. The molecule has 0 radical (unpaired) electrons. The molecule has 0 spiro atoms. The first kappa shape index (κ1) is 17.1. The van der Waals surface area contributed by atoms with Gasteiger partial charge in [-0.2, -0.15) is 5.10 Å². The minimum absolute atomic E-state index is 0.108. The number of rotatable bonds is 8. The van der Waals surface area contributed by atoms with Gasteiger partial charge in [-0.15, -0.1) is 0 Å². The predicted molar refractivity (Wildman–Crippen MR) is 98.6 cm³/mol. The van der Waals surface area contributed by atoms with Crippen molar-refractivity contribution in [2.45, 2.75) is 19.9 Å². The van der Waals surface area contributed by atoms with Crippen LogP contribution >= 0.6 is 0 Å². The molecule has 0 saturated carbocycles. The molecule has 130 valence electrons. The van der Waals surface area contributed by atoms with Gasteiger partial charge in [0.2, 0.25) is 0 Å². The van der Waals surface area contributed by atoms with Gasteiger partial charge in [-0.1, -0.05) is 37.3 Å². The van der Waals surface area contributed by atoms with Crippen LogP contribution in [0.3, 0.4) is 0 Å². The largest absolute Gasteiger partial charge is 0.351 e. The van der Waals surface area contributed by atoms with Crippen molar-refractivity contribution in [2.75, 3.05) is 19.6 Å². The summed E-state index contributed by atoms with van der Waals surface area (Å²) in [6.45, 7) is 5.11. The van der Waals surface area contributed by atoms with Crippen LogP contribution in [0.25, 0.3) is 11.0 Å². The van der Waals surface area contributed by atoms with Crippen LogP contribution in [0.15, 0.2) is 48.8 Å². The summed E-state index contributed by atoms with van der Waals surface area (Å²) in [7, 11) is 0. The fraction of sp³-hybridized carbons (Fsp3) is 0.316. The smallest absolute Gasteiger partial charge is 0.252 e. The Morgan fingerprint density at radius 1 is 1.12 bits per heavy atom. The summed E-state index contributed by atoms with van der Waals surface area (Å²) in [5.74, 6) is -0.108. The van der Waals surface area contributed by atoms with Gasteiger partial charge in [0, 0.05) is 24.7 Å². The van der Waals surface area contributed by atoms with Crippen LogP contribution in [0.4, 0.5) is 0 Å². The lowest BCUT2D eigenvalue weighted by Gasteiger charge is -2.06. The molecule has 1 amide bonds. The van der Waals surface area contributed by atoms with E-state index in [0.717, 1.165) is 36.1 Å². The highest BCUT2D eigenvalue weighted by molar-refractivity contribution is 5.96. The Labute approximate surface area is 147 Å². The number of hydrogen-bond donors (Lipinski definition) is 2. The summed E-state index contributed by atoms with van der Waals surface area (Å²) in [5.41, 5.74) is 2.50. The molecular weight excluding hydrogens is 314 g/mol. The van der Waals surface area contributed by atoms with Crippen LogP contribution in [0.2, 0.25) is 0 Å². The topological polar surface area (TPSA) is 71.8 Å². The number of amides is 1. The van der Waals surface area contributed by atoms with Crippen LogP contribution in [0.1, 0.15) is 29.3 Å². The number of hydrogen-bond acceptors (Lipinski definition) is 4. The lowest BCUT2D eigenvalue weighted by atomic mass is 10.2. The molecule has 2 N–H and O–H groups in total. The van der Waals surface area contributed by atoms with Crippen LogP contribution in [-0.4, -0.2) is 40.3 Å². The fourth-order valence-electron chi connectivity index (χ4n) is 2.64. The van der Waals surface area contributed by atoms with Gasteiger partial charge in [-0.3, -0.25) is 4.79 Å². The van der Waals surface area contributed by atoms with E-state index in [1.165, 1.54) is 0 Å². The zero-order chi connectivity index (χ0) is 17.5. The van der Waals surface area contributed by atoms with Crippen molar-refractivity contribution in [3.05, 3.63) is 59.9 Å². The summed E-state index contributed by atoms with van der Waals surface area (Å²) in [5, 5.41) is 11.4. The first-order chi connectivity index (χ1) is 12.3. The van der Waals surface area contributed by atoms with Crippen molar-refractivity contribution < 1.29 is 4.79 Å². The Hall–Kier alpha value is -2.73. The van der Waals surface area contributed by atoms with Crippen LogP contribution in [-0.2, 0) is 6.54 Å². The maximum absolute atomic E-state index is 12.2. The SMILES string of the molecule is CCCNCCNC(=O)c1cnc2c(cnn2Cc2ccccc2)c1. The quantitative estimate of drug-likeness (QED) is 0.618. The fourth-order valence-corrected chi connectivity index (χ4v) is 2.64. The number of carbonyl (C=O) groups excluding carboxylic acids is 1. The number of nitrogens with zero attached hydrogens (tertiary/aromatic N) is 3. The first-order valence-corrected chi connectivity index (χ1v) is 8.62. The van der Waals surface area contributed by atoms with E-state index in [1.807, 2.05) is 28.9 Å². The molecule has 0 saturated heterocycles. The predicted octanol–water partition coefficient (Wildman–Crippen LogP) is 2.21. The highest BCUT2D eigenvalue weighted by atomic mass is 16.1. The van der Waals surface area contributed by atoms with Gasteiger partial charge in [-0.25, -0.2) is 9.67 Å². The van der Waals surface area contributed by atoms with Gasteiger partial charge in [0.15, 0.2) is 5.65 Å². The Kier molecular flexibility index (Phi) is 5.74. The maximum Gasteiger partial charge on any atom is 0.252 e. The number of nitrogens with one attached hydrogen (secondary N) is 2. The highest BCUT2D eigenvalue weighted by Gasteiger charge is 2.10. The molecule has 0 aliphatic rings. The van der Waals surface area contributed by atoms with Gasteiger partial charge in [0.1, 0.15) is 0 Å². The van der Waals surface area contributed by atoms with E-state index >= 15 is 0 Å². The molecule has 25 heavy (non-hydrogen) atoms. The highest BCUT2D eigenvalue weighted by Crippen LogP contribution is 2.14. The molecule has 0 bridgehead atoms. The standard InChI is InChI=1S/C19H23N5O/c1-2-8-20-9-10-21-19(25)17-11-16-13-23-24(18(16)22-12-17)14-15-6-4-3-5-7-15/h3-7,11-13,20H,2,8-10,14H2,1H3,(H,21,25). The second-order valence-electron chi connectivity index (χ2n) is 5.93. The van der Waals surface area contributed by atoms with Gasteiger partial charge in [0.05, 0.1) is 18.3 Å². The summed E-state index contributed by atoms with van der Waals surface area (Å²) in [6, 6.07) is 12.0. The van der Waals surface area contributed by atoms with E-state index in [9.17, 15) is 4.79 Å². The van der Waals surface area contributed by atoms with E-state index in [2.05, 4.69) is 39.8 Å². The second-order valence-corrected chi connectivity index (χ2v) is 5.93. The van der Waals surface area contributed by atoms with Crippen molar-refractivity contribution in [3.8, 4) is 0 Å². The van der Waals surface area contributed by atoms with E-state index < -0.39 is 0 Å². The summed E-state index contributed by atoms with van der Waals surface area (Å²) < 4.78 is 1.85. The molecule has 0 aliphatic carbocycles. The normalized spacial score (nSPS) is 10.9. The third-order valence-electron chi connectivity index (χ3n) is 3.93. The van der Waals surface area contributed by atoms with E-state index in [1.54, 1.807) is 12.4 Å². The first-order valence-electron chi connectivity index (χ1n) is 8.62. The number of pyridine rings is 1. The third kappa shape index (κ3) is 4.42. The average molecular weight is 337 g/mol. The zero-order valence-electron chi connectivity index (χ0n) is 14.4. The minimum Gasteiger partial charge on any atom is -0.351 e. The molecule has 0 unspecified atom stereocenters. The lowest BCUT2D eigenvalue weighted by molar-refractivity contribution is 0.0953. The van der Waals surface area contributed by atoms with E-state index in [-0.39, 0.29) is 5.91 Å². The third-order valence-corrected chi connectivity index (χ3v) is 3.93. The molecule has 6 nitrogen and oxygen atoms in total. The molecule has 6 heteroatoms. The van der Waals surface area contributed by atoms with E-state index in [4.69, 9.17) is 0 Å². The number of benzene rings is 1.